The molecule has 5 atom stereocenters. The number of nitrogens with one attached hydrogen (secondary N) is 3. The van der Waals surface area contributed by atoms with Gasteiger partial charge in [-0.05, 0) is 31.6 Å². The average molecular weight is 474 g/mol. The highest BCUT2D eigenvalue weighted by Crippen LogP contribution is 2.07. The number of aliphatic hydroxyl groups is 1. The van der Waals surface area contributed by atoms with Crippen molar-refractivity contribution in [3.63, 3.8) is 0 Å². The fourth-order valence-electron chi connectivity index (χ4n) is 2.85. The van der Waals surface area contributed by atoms with Crippen LogP contribution in [0.3, 0.4) is 0 Å². The molecule has 0 heterocycles. The fourth-order valence-corrected chi connectivity index (χ4v) is 2.85. The Morgan fingerprint density at radius 1 is 0.818 bits per heavy atom. The molecule has 0 aromatic heterocycles. The predicted octanol–water partition coefficient (Wildman–Crippen LogP) is -2.40. The minimum absolute atomic E-state index is 0.0654. The van der Waals surface area contributed by atoms with Gasteiger partial charge >= 0.3 is 5.97 Å². The Morgan fingerprint density at radius 3 is 1.70 bits per heavy atom. The third-order valence-corrected chi connectivity index (χ3v) is 4.84. The highest BCUT2D eigenvalue weighted by atomic mass is 16.4. The summed E-state index contributed by atoms with van der Waals surface area (Å²) in [4.78, 5) is 53.0. The standard InChI is InChI=1S/C20H39N7O6/c1-9(2)13(25-16(29)12(21)7-6-8-24-20(22)23)17(30)27-15(11(5)28)18(31)26-14(10(3)4)19(32)33/h9-15,28H,6-8,21H2,1-5H3,(H,25,29)(H,26,31)(H,27,30)(H,32,33)(H4,22,23,24). The molecule has 0 saturated carbocycles. The SMILES string of the molecule is CC(C)C(NC(=O)C(NC(=O)C(NC(=O)C(N)CCCN=C(N)N)C(C)C)C(C)O)C(=O)O. The van der Waals surface area contributed by atoms with E-state index in [0.29, 0.717) is 13.0 Å². The van der Waals surface area contributed by atoms with E-state index in [-0.39, 0.29) is 18.3 Å². The molecule has 0 rings (SSSR count). The second-order valence-electron chi connectivity index (χ2n) is 8.58. The van der Waals surface area contributed by atoms with E-state index >= 15 is 0 Å². The first-order valence-electron chi connectivity index (χ1n) is 10.8. The third-order valence-electron chi connectivity index (χ3n) is 4.84. The summed E-state index contributed by atoms with van der Waals surface area (Å²) >= 11 is 0. The van der Waals surface area contributed by atoms with Crippen LogP contribution in [0.5, 0.6) is 0 Å². The van der Waals surface area contributed by atoms with Crippen molar-refractivity contribution >= 4 is 29.7 Å². The Morgan fingerprint density at radius 2 is 1.27 bits per heavy atom. The van der Waals surface area contributed by atoms with Crippen LogP contribution >= 0.6 is 0 Å². The molecule has 5 unspecified atom stereocenters. The van der Waals surface area contributed by atoms with Crippen molar-refractivity contribution in [3.05, 3.63) is 0 Å². The molecule has 0 aromatic rings. The summed E-state index contributed by atoms with van der Waals surface area (Å²) < 4.78 is 0. The average Bonchev–Trinajstić information content (AvgIpc) is 2.69. The molecule has 0 fully saturated rings. The largest absolute Gasteiger partial charge is 0.480 e. The summed E-state index contributed by atoms with van der Waals surface area (Å²) in [6, 6.07) is -4.58. The maximum Gasteiger partial charge on any atom is 0.326 e. The van der Waals surface area contributed by atoms with Gasteiger partial charge in [-0.2, -0.15) is 0 Å². The molecule has 190 valence electrons. The Bertz CT molecular complexity index is 707. The second kappa shape index (κ2) is 14.3. The summed E-state index contributed by atoms with van der Waals surface area (Å²) in [5.74, 6) is -4.25. The Kier molecular flexibility index (Phi) is 13.0. The van der Waals surface area contributed by atoms with Gasteiger partial charge in [-0.25, -0.2) is 4.79 Å². The summed E-state index contributed by atoms with van der Waals surface area (Å²) in [5.41, 5.74) is 16.4. The van der Waals surface area contributed by atoms with Gasteiger partial charge in [-0.1, -0.05) is 27.7 Å². The number of carbonyl (C=O) groups excluding carboxylic acids is 3. The van der Waals surface area contributed by atoms with E-state index in [1.165, 1.54) is 6.92 Å². The number of aliphatic carboxylic acids is 1. The first-order valence-corrected chi connectivity index (χ1v) is 10.8. The zero-order chi connectivity index (χ0) is 25.9. The van der Waals surface area contributed by atoms with E-state index in [9.17, 15) is 29.4 Å². The van der Waals surface area contributed by atoms with Gasteiger partial charge in [0.2, 0.25) is 17.7 Å². The molecule has 0 spiro atoms. The van der Waals surface area contributed by atoms with Crippen molar-refractivity contribution in [2.45, 2.75) is 77.7 Å². The van der Waals surface area contributed by atoms with Crippen molar-refractivity contribution in [1.29, 1.82) is 0 Å². The molecule has 0 aliphatic carbocycles. The zero-order valence-electron chi connectivity index (χ0n) is 19.9. The number of carboxylic acid groups (broad SMARTS) is 1. The fraction of sp³-hybridized carbons (Fsp3) is 0.750. The number of hydrogen-bond acceptors (Lipinski definition) is 7. The van der Waals surface area contributed by atoms with Crippen LogP contribution in [0.15, 0.2) is 4.99 Å². The van der Waals surface area contributed by atoms with Gasteiger partial charge < -0.3 is 43.4 Å². The number of hydrogen-bond donors (Lipinski definition) is 8. The van der Waals surface area contributed by atoms with Crippen molar-refractivity contribution in [2.24, 2.45) is 34.0 Å². The van der Waals surface area contributed by atoms with Gasteiger partial charge in [0.1, 0.15) is 18.1 Å². The lowest BCUT2D eigenvalue weighted by Gasteiger charge is -2.28. The number of carbonyl (C=O) groups is 4. The predicted molar refractivity (Wildman–Crippen MR) is 123 cm³/mol. The van der Waals surface area contributed by atoms with Crippen LogP contribution in [-0.4, -0.2) is 76.7 Å². The van der Waals surface area contributed by atoms with E-state index in [1.807, 2.05) is 0 Å². The molecule has 33 heavy (non-hydrogen) atoms. The molecule has 0 radical (unpaired) electrons. The number of carboxylic acids is 1. The molecule has 13 nitrogen and oxygen atoms in total. The number of nitrogens with zero attached hydrogens (tertiary/aromatic N) is 1. The Balaban J connectivity index is 5.22. The van der Waals surface area contributed by atoms with Crippen LogP contribution in [0.4, 0.5) is 0 Å². The minimum Gasteiger partial charge on any atom is -0.480 e. The number of nitrogens with two attached hydrogens (primary N) is 3. The highest BCUT2D eigenvalue weighted by molar-refractivity contribution is 5.94. The number of amides is 3. The van der Waals surface area contributed by atoms with Crippen molar-refractivity contribution in [1.82, 2.24) is 16.0 Å². The molecule has 0 aromatic carbocycles. The van der Waals surface area contributed by atoms with E-state index < -0.39 is 59.9 Å². The van der Waals surface area contributed by atoms with Gasteiger partial charge in [0.15, 0.2) is 5.96 Å². The third kappa shape index (κ3) is 11.0. The van der Waals surface area contributed by atoms with Gasteiger partial charge in [0, 0.05) is 6.54 Å². The Hall–Kier alpha value is -2.93. The van der Waals surface area contributed by atoms with Gasteiger partial charge in [-0.15, -0.1) is 0 Å². The van der Waals surface area contributed by atoms with E-state index in [2.05, 4.69) is 20.9 Å². The number of rotatable bonds is 14. The first kappa shape index (κ1) is 30.1. The summed E-state index contributed by atoms with van der Waals surface area (Å²) in [6.07, 6.45) is -0.591. The molecule has 3 amide bonds. The van der Waals surface area contributed by atoms with Gasteiger partial charge in [0.25, 0.3) is 0 Å². The van der Waals surface area contributed by atoms with Crippen molar-refractivity contribution < 1.29 is 29.4 Å². The molecule has 13 heteroatoms. The topological polar surface area (TPSA) is 235 Å². The normalized spacial score (nSPS) is 15.7. The first-order chi connectivity index (χ1) is 15.2. The summed E-state index contributed by atoms with van der Waals surface area (Å²) in [5, 5.41) is 26.6. The second-order valence-corrected chi connectivity index (χ2v) is 8.58. The molecule has 0 aliphatic heterocycles. The molecule has 11 N–H and O–H groups in total. The summed E-state index contributed by atoms with van der Waals surface area (Å²) in [7, 11) is 0. The molecule has 0 saturated heterocycles. The maximum atomic E-state index is 12.8. The number of aliphatic imine (C=N–C) groups is 1. The van der Waals surface area contributed by atoms with Crippen LogP contribution in [0.2, 0.25) is 0 Å². The van der Waals surface area contributed by atoms with Gasteiger partial charge in [0.05, 0.1) is 12.1 Å². The zero-order valence-corrected chi connectivity index (χ0v) is 19.9. The van der Waals surface area contributed by atoms with E-state index in [1.54, 1.807) is 27.7 Å². The van der Waals surface area contributed by atoms with Crippen LogP contribution in [0, 0.1) is 11.8 Å². The van der Waals surface area contributed by atoms with Crippen LogP contribution < -0.4 is 33.2 Å². The lowest BCUT2D eigenvalue weighted by molar-refractivity contribution is -0.144. The molecular weight excluding hydrogens is 434 g/mol. The minimum atomic E-state index is -1.43. The highest BCUT2D eigenvalue weighted by Gasteiger charge is 2.34. The van der Waals surface area contributed by atoms with Crippen LogP contribution in [-0.2, 0) is 19.2 Å². The monoisotopic (exact) mass is 473 g/mol. The van der Waals surface area contributed by atoms with Crippen molar-refractivity contribution in [2.75, 3.05) is 6.54 Å². The molecule has 0 aliphatic rings. The lowest BCUT2D eigenvalue weighted by atomic mass is 10.0. The van der Waals surface area contributed by atoms with Crippen molar-refractivity contribution in [3.8, 4) is 0 Å². The smallest absolute Gasteiger partial charge is 0.326 e. The molecular formula is C20H39N7O6. The quantitative estimate of drug-likeness (QED) is 0.0761. The number of aliphatic hydroxyl groups excluding tert-OH is 1. The Labute approximate surface area is 193 Å². The van der Waals surface area contributed by atoms with Crippen LogP contribution in [0.25, 0.3) is 0 Å². The summed E-state index contributed by atoms with van der Waals surface area (Å²) in [6.45, 7) is 8.18. The lowest BCUT2D eigenvalue weighted by Crippen LogP contribution is -2.61. The van der Waals surface area contributed by atoms with E-state index in [4.69, 9.17) is 17.2 Å². The molecule has 0 bridgehead atoms. The van der Waals surface area contributed by atoms with Gasteiger partial charge in [-0.3, -0.25) is 19.4 Å². The number of guanidine groups is 1. The van der Waals surface area contributed by atoms with Crippen LogP contribution in [0.1, 0.15) is 47.5 Å². The maximum absolute atomic E-state index is 12.8. The van der Waals surface area contributed by atoms with E-state index in [0.717, 1.165) is 0 Å².